The van der Waals surface area contributed by atoms with Crippen LogP contribution >= 0.6 is 0 Å². The quantitative estimate of drug-likeness (QED) is 0.221. The smallest absolute Gasteiger partial charge is 0.262 e. The van der Waals surface area contributed by atoms with Crippen LogP contribution in [-0.2, 0) is 11.5 Å². The third kappa shape index (κ3) is 3.57. The van der Waals surface area contributed by atoms with Gasteiger partial charge in [0.1, 0.15) is 6.73 Å². The number of rotatable bonds is 6. The van der Waals surface area contributed by atoms with Crippen molar-refractivity contribution in [2.24, 2.45) is 0 Å². The molecular formula is C26H27N3O3Si. The SMILES string of the molecule is CN1C(=O)c2c(-c3cccnc3)cc3c(c2C1=O)c1ccccc1n3COCC[Si](C)(C)C. The number of fused-ring (bicyclic) bond motifs is 5. The molecule has 0 radical (unpaired) electrons. The molecule has 7 heteroatoms. The number of ether oxygens (including phenoxy) is 1. The molecule has 4 aromatic rings. The van der Waals surface area contributed by atoms with Crippen molar-refractivity contribution in [1.82, 2.24) is 14.5 Å². The number of carbonyl (C=O) groups is 2. The Morgan fingerprint density at radius 1 is 0.970 bits per heavy atom. The topological polar surface area (TPSA) is 64.4 Å². The fraction of sp³-hybridized carbons (Fsp3) is 0.269. The number of pyridine rings is 1. The average Bonchev–Trinajstić information content (AvgIpc) is 3.23. The summed E-state index contributed by atoms with van der Waals surface area (Å²) in [4.78, 5) is 31.9. The first kappa shape index (κ1) is 21.5. The van der Waals surface area contributed by atoms with Gasteiger partial charge in [0.2, 0.25) is 0 Å². The second-order valence-electron chi connectivity index (χ2n) is 9.77. The number of carbonyl (C=O) groups excluding carboxylic acids is 2. The lowest BCUT2D eigenvalue weighted by atomic mass is 9.93. The zero-order valence-corrected chi connectivity index (χ0v) is 20.4. The number of hydrogen-bond acceptors (Lipinski definition) is 4. The van der Waals surface area contributed by atoms with E-state index >= 15 is 0 Å². The molecular weight excluding hydrogens is 430 g/mol. The van der Waals surface area contributed by atoms with Crippen molar-refractivity contribution in [3.8, 4) is 11.1 Å². The number of nitrogens with zero attached hydrogens (tertiary/aromatic N) is 3. The molecule has 3 heterocycles. The van der Waals surface area contributed by atoms with Gasteiger partial charge in [-0.2, -0.15) is 0 Å². The first-order valence-electron chi connectivity index (χ1n) is 11.2. The van der Waals surface area contributed by atoms with Crippen molar-refractivity contribution >= 4 is 41.7 Å². The maximum Gasteiger partial charge on any atom is 0.262 e. The molecule has 33 heavy (non-hydrogen) atoms. The number of benzene rings is 2. The summed E-state index contributed by atoms with van der Waals surface area (Å²) >= 11 is 0. The van der Waals surface area contributed by atoms with E-state index in [1.54, 1.807) is 19.4 Å². The van der Waals surface area contributed by atoms with Crippen LogP contribution in [0.5, 0.6) is 0 Å². The third-order valence-corrected chi connectivity index (χ3v) is 7.99. The molecule has 2 aromatic carbocycles. The standard InChI is InChI=1S/C26H27N3O3Si/c1-28-25(30)23-19(17-8-7-11-27-15-17)14-21-22(24(23)26(28)31)18-9-5-6-10-20(18)29(21)16-32-12-13-33(2,3)4/h5-11,14-15H,12-13,16H2,1-4H3. The van der Waals surface area contributed by atoms with E-state index in [9.17, 15) is 9.59 Å². The molecule has 0 saturated carbocycles. The van der Waals surface area contributed by atoms with E-state index in [2.05, 4.69) is 29.2 Å². The molecule has 5 rings (SSSR count). The van der Waals surface area contributed by atoms with E-state index in [-0.39, 0.29) is 11.8 Å². The third-order valence-electron chi connectivity index (χ3n) is 6.29. The van der Waals surface area contributed by atoms with E-state index < -0.39 is 8.07 Å². The molecule has 0 aliphatic carbocycles. The van der Waals surface area contributed by atoms with Crippen LogP contribution in [0, 0.1) is 0 Å². The number of imide groups is 1. The van der Waals surface area contributed by atoms with Crippen LogP contribution in [0.25, 0.3) is 32.9 Å². The summed E-state index contributed by atoms with van der Waals surface area (Å²) < 4.78 is 8.24. The summed E-state index contributed by atoms with van der Waals surface area (Å²) in [5, 5.41) is 1.76. The van der Waals surface area contributed by atoms with Crippen LogP contribution in [0.2, 0.25) is 25.7 Å². The summed E-state index contributed by atoms with van der Waals surface area (Å²) in [5.41, 5.74) is 4.32. The molecule has 2 aromatic heterocycles. The van der Waals surface area contributed by atoms with Gasteiger partial charge in [0.15, 0.2) is 0 Å². The molecule has 0 N–H and O–H groups in total. The predicted molar refractivity (Wildman–Crippen MR) is 133 cm³/mol. The van der Waals surface area contributed by atoms with Gasteiger partial charge < -0.3 is 9.30 Å². The Balaban J connectivity index is 1.76. The van der Waals surface area contributed by atoms with Crippen LogP contribution in [0.15, 0.2) is 54.9 Å². The molecule has 0 unspecified atom stereocenters. The van der Waals surface area contributed by atoms with Gasteiger partial charge in [0, 0.05) is 50.5 Å². The van der Waals surface area contributed by atoms with E-state index in [4.69, 9.17) is 4.74 Å². The lowest BCUT2D eigenvalue weighted by molar-refractivity contribution is 0.0694. The van der Waals surface area contributed by atoms with Crippen LogP contribution in [0.3, 0.4) is 0 Å². The zero-order chi connectivity index (χ0) is 23.3. The van der Waals surface area contributed by atoms with Crippen LogP contribution in [0.1, 0.15) is 20.7 Å². The maximum atomic E-state index is 13.3. The van der Waals surface area contributed by atoms with E-state index in [1.807, 2.05) is 42.5 Å². The van der Waals surface area contributed by atoms with E-state index in [1.165, 1.54) is 4.90 Å². The highest BCUT2D eigenvalue weighted by molar-refractivity contribution is 6.76. The second-order valence-corrected chi connectivity index (χ2v) is 15.4. The van der Waals surface area contributed by atoms with Gasteiger partial charge in [-0.15, -0.1) is 0 Å². The monoisotopic (exact) mass is 457 g/mol. The molecule has 0 fully saturated rings. The first-order valence-corrected chi connectivity index (χ1v) is 14.9. The summed E-state index contributed by atoms with van der Waals surface area (Å²) in [7, 11) is 0.337. The van der Waals surface area contributed by atoms with Crippen molar-refractivity contribution in [2.75, 3.05) is 13.7 Å². The highest BCUT2D eigenvalue weighted by Crippen LogP contribution is 2.41. The number of hydrogen-bond donors (Lipinski definition) is 0. The van der Waals surface area contributed by atoms with Gasteiger partial charge in [-0.05, 0) is 29.8 Å². The second kappa shape index (κ2) is 7.93. The Hall–Kier alpha value is -3.29. The van der Waals surface area contributed by atoms with Gasteiger partial charge in [-0.3, -0.25) is 19.5 Å². The highest BCUT2D eigenvalue weighted by Gasteiger charge is 2.38. The van der Waals surface area contributed by atoms with Gasteiger partial charge >= 0.3 is 0 Å². The Bertz CT molecular complexity index is 1400. The van der Waals surface area contributed by atoms with Crippen molar-refractivity contribution < 1.29 is 14.3 Å². The molecule has 1 aliphatic heterocycles. The summed E-state index contributed by atoms with van der Waals surface area (Å²) in [6, 6.07) is 14.9. The summed E-state index contributed by atoms with van der Waals surface area (Å²) in [6.07, 6.45) is 3.43. The Kier molecular flexibility index (Phi) is 5.18. The van der Waals surface area contributed by atoms with Gasteiger partial charge in [-0.25, -0.2) is 0 Å². The molecule has 2 amide bonds. The van der Waals surface area contributed by atoms with Gasteiger partial charge in [-0.1, -0.05) is 43.9 Å². The molecule has 6 nitrogen and oxygen atoms in total. The number of aromatic nitrogens is 2. The molecule has 1 aliphatic rings. The highest BCUT2D eigenvalue weighted by atomic mass is 28.3. The number of amides is 2. The Labute approximate surface area is 193 Å². The Morgan fingerprint density at radius 2 is 1.73 bits per heavy atom. The number of para-hydroxylation sites is 1. The van der Waals surface area contributed by atoms with Crippen molar-refractivity contribution in [2.45, 2.75) is 32.4 Å². The summed E-state index contributed by atoms with van der Waals surface area (Å²) in [6.45, 7) is 8.08. The molecule has 0 bridgehead atoms. The predicted octanol–water partition coefficient (Wildman–Crippen LogP) is 5.39. The van der Waals surface area contributed by atoms with Gasteiger partial charge in [0.05, 0.1) is 22.2 Å². The minimum atomic E-state index is -1.21. The molecule has 0 spiro atoms. The summed E-state index contributed by atoms with van der Waals surface area (Å²) in [5.74, 6) is -0.549. The van der Waals surface area contributed by atoms with Crippen molar-refractivity contribution in [3.05, 3.63) is 66.0 Å². The lowest BCUT2D eigenvalue weighted by Crippen LogP contribution is -2.24. The van der Waals surface area contributed by atoms with E-state index in [0.717, 1.165) is 39.0 Å². The molecule has 0 atom stereocenters. The zero-order valence-electron chi connectivity index (χ0n) is 19.4. The fourth-order valence-electron chi connectivity index (χ4n) is 4.49. The van der Waals surface area contributed by atoms with Crippen molar-refractivity contribution in [3.63, 3.8) is 0 Å². The van der Waals surface area contributed by atoms with Crippen LogP contribution < -0.4 is 0 Å². The largest absolute Gasteiger partial charge is 0.361 e. The van der Waals surface area contributed by atoms with Crippen LogP contribution in [0.4, 0.5) is 0 Å². The lowest BCUT2D eigenvalue weighted by Gasteiger charge is -2.16. The maximum absolute atomic E-state index is 13.3. The minimum Gasteiger partial charge on any atom is -0.361 e. The Morgan fingerprint density at radius 3 is 2.45 bits per heavy atom. The molecule has 168 valence electrons. The molecule has 0 saturated heterocycles. The van der Waals surface area contributed by atoms with E-state index in [0.29, 0.717) is 24.5 Å². The van der Waals surface area contributed by atoms with Gasteiger partial charge in [0.25, 0.3) is 11.8 Å². The van der Waals surface area contributed by atoms with Crippen molar-refractivity contribution in [1.29, 1.82) is 0 Å². The normalized spacial score (nSPS) is 14.0. The van der Waals surface area contributed by atoms with Crippen LogP contribution in [-0.4, -0.2) is 48.0 Å². The average molecular weight is 458 g/mol. The fourth-order valence-corrected chi connectivity index (χ4v) is 5.25. The minimum absolute atomic E-state index is 0.270. The first-order chi connectivity index (χ1) is 15.8.